The van der Waals surface area contributed by atoms with Crippen LogP contribution < -0.4 is 5.73 Å². The number of aliphatic hydroxyl groups is 1. The number of halogens is 3. The van der Waals surface area contributed by atoms with E-state index < -0.39 is 24.9 Å². The lowest BCUT2D eigenvalue weighted by atomic mass is 9.98. The number of fused-ring (bicyclic) bond motifs is 1. The molecule has 0 saturated carbocycles. The molecule has 138 valence electrons. The number of aromatic nitrogens is 2. The number of alkyl halides is 2. The zero-order chi connectivity index (χ0) is 18.1. The van der Waals surface area contributed by atoms with Gasteiger partial charge in [-0.3, -0.25) is 4.79 Å². The molecule has 0 aliphatic rings. The molecule has 1 unspecified atom stereocenters. The van der Waals surface area contributed by atoms with Gasteiger partial charge in [-0.15, -0.1) is 12.4 Å². The summed E-state index contributed by atoms with van der Waals surface area (Å²) in [5, 5.41) is 13.7. The monoisotopic (exact) mass is 381 g/mol. The Hall–Kier alpha value is -2.51. The maximum atomic E-state index is 13.4. The van der Waals surface area contributed by atoms with E-state index in [1.807, 2.05) is 25.1 Å². The number of nitrogens with two attached hydrogens (primary N) is 1. The molecule has 0 spiro atoms. The maximum absolute atomic E-state index is 13.4. The van der Waals surface area contributed by atoms with Gasteiger partial charge in [0, 0.05) is 5.39 Å². The Bertz CT molecular complexity index is 943. The highest BCUT2D eigenvalue weighted by Gasteiger charge is 2.22. The number of carbonyl (C=O) groups excluding carboxylic acids is 1. The summed E-state index contributed by atoms with van der Waals surface area (Å²) in [6.07, 6.45) is -2.73. The minimum absolute atomic E-state index is 0. The molecule has 0 radical (unpaired) electrons. The molecule has 0 fully saturated rings. The van der Waals surface area contributed by atoms with Gasteiger partial charge in [-0.1, -0.05) is 24.3 Å². The Balaban J connectivity index is 0.00000243. The van der Waals surface area contributed by atoms with Crippen molar-refractivity contribution in [2.75, 3.05) is 6.61 Å². The van der Waals surface area contributed by atoms with Crippen molar-refractivity contribution in [3.8, 4) is 5.69 Å². The second kappa shape index (κ2) is 7.80. The molecular weight excluding hydrogens is 364 g/mol. The molecular formula is C18H18ClF2N3O2. The van der Waals surface area contributed by atoms with E-state index >= 15 is 0 Å². The van der Waals surface area contributed by atoms with E-state index in [1.165, 1.54) is 16.8 Å². The summed E-state index contributed by atoms with van der Waals surface area (Å²) in [7, 11) is 0. The Kier molecular flexibility index (Phi) is 5.94. The van der Waals surface area contributed by atoms with Gasteiger partial charge in [0.25, 0.3) is 6.43 Å². The molecule has 26 heavy (non-hydrogen) atoms. The number of hydrogen-bond acceptors (Lipinski definition) is 3. The number of benzene rings is 2. The second-order valence-electron chi connectivity index (χ2n) is 5.85. The fraction of sp³-hybridized carbons (Fsp3) is 0.222. The summed E-state index contributed by atoms with van der Waals surface area (Å²) < 4.78 is 28.2. The van der Waals surface area contributed by atoms with Gasteiger partial charge in [0.1, 0.15) is 5.69 Å². The van der Waals surface area contributed by atoms with Crippen molar-refractivity contribution in [1.29, 1.82) is 0 Å². The number of nitrogens with zero attached hydrogens (tertiary/aromatic N) is 2. The fourth-order valence-corrected chi connectivity index (χ4v) is 2.85. The second-order valence-corrected chi connectivity index (χ2v) is 5.85. The summed E-state index contributed by atoms with van der Waals surface area (Å²) in [5.41, 5.74) is 7.45. The molecule has 1 atom stereocenters. The Morgan fingerprint density at radius 1 is 1.27 bits per heavy atom. The van der Waals surface area contributed by atoms with Crippen LogP contribution in [0.4, 0.5) is 8.78 Å². The SMILES string of the molecule is Cc1cccc(-n2nc(C(F)F)c3ccc(C(CO)C(N)=O)cc32)c1.Cl. The molecule has 0 saturated heterocycles. The van der Waals surface area contributed by atoms with Gasteiger partial charge >= 0.3 is 0 Å². The number of primary amides is 1. The van der Waals surface area contributed by atoms with Crippen LogP contribution in [0.15, 0.2) is 42.5 Å². The van der Waals surface area contributed by atoms with Gasteiger partial charge < -0.3 is 10.8 Å². The lowest BCUT2D eigenvalue weighted by molar-refractivity contribution is -0.120. The molecule has 0 aliphatic carbocycles. The van der Waals surface area contributed by atoms with Crippen LogP contribution in [0.2, 0.25) is 0 Å². The molecule has 1 heterocycles. The average molecular weight is 382 g/mol. The summed E-state index contributed by atoms with van der Waals surface area (Å²) in [6.45, 7) is 1.44. The maximum Gasteiger partial charge on any atom is 0.282 e. The molecule has 0 bridgehead atoms. The third-order valence-electron chi connectivity index (χ3n) is 4.11. The average Bonchev–Trinajstić information content (AvgIpc) is 2.94. The van der Waals surface area contributed by atoms with Crippen LogP contribution in [0.1, 0.15) is 29.2 Å². The minimum Gasteiger partial charge on any atom is -0.395 e. The van der Waals surface area contributed by atoms with Gasteiger partial charge in [0.2, 0.25) is 5.91 Å². The largest absolute Gasteiger partial charge is 0.395 e. The third-order valence-corrected chi connectivity index (χ3v) is 4.11. The number of carbonyl (C=O) groups is 1. The van der Waals surface area contributed by atoms with Crippen LogP contribution in [0.3, 0.4) is 0 Å². The summed E-state index contributed by atoms with van der Waals surface area (Å²) in [4.78, 5) is 11.5. The standard InChI is InChI=1S/C18H17F2N3O2.ClH/c1-10-3-2-4-12(7-10)23-15-8-11(14(9-24)18(21)25)5-6-13(15)16(22-23)17(19)20;/h2-8,14,17,24H,9H2,1H3,(H2,21,25);1H. The highest BCUT2D eigenvalue weighted by atomic mass is 35.5. The van der Waals surface area contributed by atoms with Gasteiger partial charge in [0.15, 0.2) is 0 Å². The molecule has 5 nitrogen and oxygen atoms in total. The van der Waals surface area contributed by atoms with Crippen LogP contribution >= 0.6 is 12.4 Å². The number of aryl methyl sites for hydroxylation is 1. The van der Waals surface area contributed by atoms with Crippen molar-refractivity contribution >= 4 is 29.2 Å². The fourth-order valence-electron chi connectivity index (χ4n) is 2.85. The molecule has 1 aromatic heterocycles. The molecule has 8 heteroatoms. The Morgan fingerprint density at radius 3 is 2.58 bits per heavy atom. The lowest BCUT2D eigenvalue weighted by Gasteiger charge is -2.11. The van der Waals surface area contributed by atoms with Crippen LogP contribution in [0, 0.1) is 6.92 Å². The first-order valence-electron chi connectivity index (χ1n) is 7.70. The summed E-state index contributed by atoms with van der Waals surface area (Å²) in [5.74, 6) is -1.59. The molecule has 3 N–H and O–H groups in total. The number of aliphatic hydroxyl groups excluding tert-OH is 1. The van der Waals surface area contributed by atoms with E-state index in [0.29, 0.717) is 22.2 Å². The molecule has 3 rings (SSSR count). The van der Waals surface area contributed by atoms with Crippen molar-refractivity contribution < 1.29 is 18.7 Å². The summed E-state index contributed by atoms with van der Waals surface area (Å²) >= 11 is 0. The van der Waals surface area contributed by atoms with E-state index in [1.54, 1.807) is 12.1 Å². The first kappa shape index (κ1) is 19.8. The zero-order valence-electron chi connectivity index (χ0n) is 13.9. The smallest absolute Gasteiger partial charge is 0.282 e. The number of hydrogen-bond donors (Lipinski definition) is 2. The predicted molar refractivity (Wildman–Crippen MR) is 97.0 cm³/mol. The molecule has 0 aliphatic heterocycles. The number of rotatable bonds is 5. The van der Waals surface area contributed by atoms with E-state index in [9.17, 15) is 18.7 Å². The molecule has 3 aromatic rings. The van der Waals surface area contributed by atoms with E-state index in [4.69, 9.17) is 5.73 Å². The van der Waals surface area contributed by atoms with Gasteiger partial charge in [-0.25, -0.2) is 13.5 Å². The van der Waals surface area contributed by atoms with E-state index in [0.717, 1.165) is 5.56 Å². The van der Waals surface area contributed by atoms with E-state index in [2.05, 4.69) is 5.10 Å². The first-order valence-corrected chi connectivity index (χ1v) is 7.70. The van der Waals surface area contributed by atoms with Gasteiger partial charge in [0.05, 0.1) is 23.7 Å². The molecule has 2 aromatic carbocycles. The number of amides is 1. The van der Waals surface area contributed by atoms with Crippen molar-refractivity contribution in [3.05, 3.63) is 59.3 Å². The van der Waals surface area contributed by atoms with Crippen molar-refractivity contribution in [3.63, 3.8) is 0 Å². The zero-order valence-corrected chi connectivity index (χ0v) is 14.7. The normalized spacial score (nSPS) is 12.2. The molecule has 1 amide bonds. The minimum atomic E-state index is -2.73. The van der Waals surface area contributed by atoms with Crippen LogP contribution in [-0.4, -0.2) is 27.4 Å². The third kappa shape index (κ3) is 3.54. The van der Waals surface area contributed by atoms with E-state index in [-0.39, 0.29) is 18.1 Å². The van der Waals surface area contributed by atoms with Crippen molar-refractivity contribution in [2.45, 2.75) is 19.3 Å². The predicted octanol–water partition coefficient (Wildman–Crippen LogP) is 3.25. The van der Waals surface area contributed by atoms with Crippen molar-refractivity contribution in [2.24, 2.45) is 5.73 Å². The van der Waals surface area contributed by atoms with Crippen molar-refractivity contribution in [1.82, 2.24) is 9.78 Å². The quantitative estimate of drug-likeness (QED) is 0.711. The Morgan fingerprint density at radius 2 is 2.00 bits per heavy atom. The highest BCUT2D eigenvalue weighted by Crippen LogP contribution is 2.31. The topological polar surface area (TPSA) is 81.1 Å². The van der Waals surface area contributed by atoms with Gasteiger partial charge in [-0.2, -0.15) is 5.10 Å². The summed E-state index contributed by atoms with van der Waals surface area (Å²) in [6, 6.07) is 11.9. The van der Waals surface area contributed by atoms with Crippen LogP contribution in [-0.2, 0) is 4.79 Å². The Labute approximate surface area is 154 Å². The lowest BCUT2D eigenvalue weighted by Crippen LogP contribution is -2.24. The first-order chi connectivity index (χ1) is 11.9. The van der Waals surface area contributed by atoms with Crippen LogP contribution in [0.5, 0.6) is 0 Å². The van der Waals surface area contributed by atoms with Gasteiger partial charge in [-0.05, 0) is 36.2 Å². The van der Waals surface area contributed by atoms with Crippen LogP contribution in [0.25, 0.3) is 16.6 Å². The highest BCUT2D eigenvalue weighted by molar-refractivity contribution is 5.88.